The Labute approximate surface area is 277 Å². The van der Waals surface area contributed by atoms with Crippen LogP contribution in [-0.2, 0) is 0 Å². The number of aromatic nitrogens is 4. The van der Waals surface area contributed by atoms with E-state index in [2.05, 4.69) is 82.8 Å². The Kier molecular flexibility index (Phi) is 7.79. The molecule has 0 N–H and O–H groups in total. The van der Waals surface area contributed by atoms with Crippen molar-refractivity contribution in [1.82, 2.24) is 19.9 Å². The van der Waals surface area contributed by atoms with Crippen LogP contribution in [0.25, 0.3) is 55.4 Å². The Bertz CT molecular complexity index is 2280. The summed E-state index contributed by atoms with van der Waals surface area (Å²) in [5.74, 6) is 0. The number of pyridine rings is 4. The molecule has 0 fully saturated rings. The van der Waals surface area contributed by atoms with Crippen molar-refractivity contribution in [2.75, 3.05) is 0 Å². The molecule has 6 heteroatoms. The molecule has 0 unspecified atom stereocenters. The summed E-state index contributed by atoms with van der Waals surface area (Å²) in [5, 5.41) is 4.42. The van der Waals surface area contributed by atoms with Gasteiger partial charge in [0, 0.05) is 23.5 Å². The highest BCUT2D eigenvalue weighted by atomic mass is 14.8. The normalized spacial score (nSPS) is 11.6. The monoisotopic (exact) mass is 616 g/mol. The fourth-order valence-electron chi connectivity index (χ4n) is 5.89. The zero-order valence-electron chi connectivity index (χ0n) is 25.8. The molecular formula is C42H28N6. The fourth-order valence-corrected chi connectivity index (χ4v) is 5.89. The molecule has 226 valence electrons. The summed E-state index contributed by atoms with van der Waals surface area (Å²) in [4.78, 5) is 28.7. The van der Waals surface area contributed by atoms with Crippen molar-refractivity contribution >= 4 is 45.3 Å². The molecule has 8 aromatic rings. The van der Waals surface area contributed by atoms with Crippen LogP contribution >= 0.6 is 0 Å². The van der Waals surface area contributed by atoms with Gasteiger partial charge in [0.1, 0.15) is 0 Å². The zero-order chi connectivity index (χ0) is 32.1. The summed E-state index contributed by atoms with van der Waals surface area (Å²) in [6.45, 7) is 0. The lowest BCUT2D eigenvalue weighted by Crippen LogP contribution is -1.93. The Hall–Kier alpha value is -6.66. The van der Waals surface area contributed by atoms with Gasteiger partial charge in [-0.1, -0.05) is 84.9 Å². The van der Waals surface area contributed by atoms with E-state index in [9.17, 15) is 0 Å². The highest BCUT2D eigenvalue weighted by molar-refractivity contribution is 6.13. The second-order valence-corrected chi connectivity index (χ2v) is 11.2. The smallest absolute Gasteiger partial charge is 0.0894 e. The molecule has 6 nitrogen and oxygen atoms in total. The van der Waals surface area contributed by atoms with E-state index in [1.165, 1.54) is 0 Å². The van der Waals surface area contributed by atoms with Crippen molar-refractivity contribution in [2.45, 2.75) is 0 Å². The summed E-state index contributed by atoms with van der Waals surface area (Å²) < 4.78 is 0. The third kappa shape index (κ3) is 5.86. The molecule has 0 atom stereocenters. The van der Waals surface area contributed by atoms with Gasteiger partial charge in [-0.3, -0.25) is 20.0 Å². The minimum Gasteiger partial charge on any atom is -0.255 e. The third-order valence-electron chi connectivity index (χ3n) is 8.13. The Morgan fingerprint density at radius 3 is 1.27 bits per heavy atom. The van der Waals surface area contributed by atoms with E-state index in [1.807, 2.05) is 85.2 Å². The van der Waals surface area contributed by atoms with E-state index in [0.717, 1.165) is 78.2 Å². The Balaban J connectivity index is 1.28. The quantitative estimate of drug-likeness (QED) is 0.167. The standard InChI is InChI=1S/C42H28N6/c1-3-15-33-29(11-1)21-23-39(45-27-31-13-9-19-37(47-31)35-17-5-7-25-43-35)41(33)42-34-16-4-2-12-30(34)22-24-40(42)46-28-32-14-10-20-38(48-32)36-18-6-8-26-44-36/h1-28H. The molecule has 4 aromatic heterocycles. The minimum atomic E-state index is 0.743. The molecule has 48 heavy (non-hydrogen) atoms. The molecular weight excluding hydrogens is 589 g/mol. The fraction of sp³-hybridized carbons (Fsp3) is 0. The molecule has 0 radical (unpaired) electrons. The lowest BCUT2D eigenvalue weighted by Gasteiger charge is -2.16. The van der Waals surface area contributed by atoms with Crippen LogP contribution in [0, 0.1) is 0 Å². The van der Waals surface area contributed by atoms with Gasteiger partial charge >= 0.3 is 0 Å². The van der Waals surface area contributed by atoms with Gasteiger partial charge < -0.3 is 0 Å². The van der Waals surface area contributed by atoms with E-state index < -0.39 is 0 Å². The lowest BCUT2D eigenvalue weighted by molar-refractivity contribution is 1.23. The molecule has 0 spiro atoms. The average Bonchev–Trinajstić information content (AvgIpc) is 3.17. The van der Waals surface area contributed by atoms with Crippen molar-refractivity contribution in [3.8, 4) is 33.9 Å². The molecule has 0 aliphatic heterocycles. The lowest BCUT2D eigenvalue weighted by atomic mass is 9.91. The number of aliphatic imine (C=N–C) groups is 2. The van der Waals surface area contributed by atoms with Crippen LogP contribution in [0.15, 0.2) is 168 Å². The topological polar surface area (TPSA) is 76.3 Å². The van der Waals surface area contributed by atoms with Crippen LogP contribution in [-0.4, -0.2) is 32.4 Å². The van der Waals surface area contributed by atoms with E-state index in [0.29, 0.717) is 0 Å². The van der Waals surface area contributed by atoms with Crippen LogP contribution in [0.5, 0.6) is 0 Å². The van der Waals surface area contributed by atoms with Crippen LogP contribution in [0.1, 0.15) is 11.4 Å². The number of fused-ring (bicyclic) bond motifs is 2. The molecule has 0 amide bonds. The van der Waals surface area contributed by atoms with Crippen LogP contribution in [0.4, 0.5) is 11.4 Å². The van der Waals surface area contributed by atoms with Gasteiger partial charge in [0.25, 0.3) is 0 Å². The zero-order valence-corrected chi connectivity index (χ0v) is 25.8. The van der Waals surface area contributed by atoms with E-state index in [1.54, 1.807) is 12.4 Å². The summed E-state index contributed by atoms with van der Waals surface area (Å²) in [6, 6.07) is 48.6. The first kappa shape index (κ1) is 28.8. The highest BCUT2D eigenvalue weighted by Gasteiger charge is 2.17. The molecule has 0 aliphatic carbocycles. The number of rotatable bonds is 7. The first-order valence-corrected chi connectivity index (χ1v) is 15.7. The van der Waals surface area contributed by atoms with E-state index in [4.69, 9.17) is 20.0 Å². The average molecular weight is 617 g/mol. The molecule has 0 saturated carbocycles. The molecule has 0 aliphatic rings. The number of nitrogens with zero attached hydrogens (tertiary/aromatic N) is 6. The largest absolute Gasteiger partial charge is 0.255 e. The maximum atomic E-state index is 5.07. The van der Waals surface area contributed by atoms with Gasteiger partial charge in [0.05, 0.1) is 58.0 Å². The molecule has 4 heterocycles. The van der Waals surface area contributed by atoms with Gasteiger partial charge in [-0.15, -0.1) is 0 Å². The number of hydrogen-bond donors (Lipinski definition) is 0. The van der Waals surface area contributed by atoms with Gasteiger partial charge in [-0.2, -0.15) is 0 Å². The van der Waals surface area contributed by atoms with Crippen LogP contribution in [0.3, 0.4) is 0 Å². The predicted molar refractivity (Wildman–Crippen MR) is 196 cm³/mol. The highest BCUT2D eigenvalue weighted by Crippen LogP contribution is 2.45. The number of hydrogen-bond acceptors (Lipinski definition) is 6. The minimum absolute atomic E-state index is 0.743. The van der Waals surface area contributed by atoms with Gasteiger partial charge in [0.2, 0.25) is 0 Å². The van der Waals surface area contributed by atoms with E-state index in [-0.39, 0.29) is 0 Å². The van der Waals surface area contributed by atoms with Crippen molar-refractivity contribution in [3.63, 3.8) is 0 Å². The van der Waals surface area contributed by atoms with Gasteiger partial charge in [-0.25, -0.2) is 9.97 Å². The molecule has 0 saturated heterocycles. The van der Waals surface area contributed by atoms with Crippen molar-refractivity contribution in [1.29, 1.82) is 0 Å². The summed E-state index contributed by atoms with van der Waals surface area (Å²) in [5.41, 5.74) is 8.36. The maximum Gasteiger partial charge on any atom is 0.0894 e. The molecule has 8 rings (SSSR count). The Morgan fingerprint density at radius 1 is 0.375 bits per heavy atom. The third-order valence-corrected chi connectivity index (χ3v) is 8.13. The molecule has 4 aromatic carbocycles. The second kappa shape index (κ2) is 13.0. The summed E-state index contributed by atoms with van der Waals surface area (Å²) in [6.07, 6.45) is 7.19. The van der Waals surface area contributed by atoms with Crippen molar-refractivity contribution in [3.05, 3.63) is 169 Å². The van der Waals surface area contributed by atoms with E-state index >= 15 is 0 Å². The number of benzene rings is 4. The van der Waals surface area contributed by atoms with Crippen LogP contribution in [0.2, 0.25) is 0 Å². The van der Waals surface area contributed by atoms with Crippen molar-refractivity contribution < 1.29 is 0 Å². The first-order valence-electron chi connectivity index (χ1n) is 15.7. The maximum absolute atomic E-state index is 5.07. The SMILES string of the molecule is C(=Nc1ccc2ccccc2c1-c1c(N=Cc2cccc(-c3ccccn3)n2)ccc2ccccc12)c1cccc(-c2ccccn2)n1. The summed E-state index contributed by atoms with van der Waals surface area (Å²) in [7, 11) is 0. The first-order chi connectivity index (χ1) is 23.8. The van der Waals surface area contributed by atoms with Crippen LogP contribution < -0.4 is 0 Å². The second-order valence-electron chi connectivity index (χ2n) is 11.2. The Morgan fingerprint density at radius 2 is 0.812 bits per heavy atom. The van der Waals surface area contributed by atoms with Gasteiger partial charge in [0.15, 0.2) is 0 Å². The summed E-state index contributed by atoms with van der Waals surface area (Å²) >= 11 is 0. The molecule has 0 bridgehead atoms. The predicted octanol–water partition coefficient (Wildman–Crippen LogP) is 10.1. The van der Waals surface area contributed by atoms with Crippen molar-refractivity contribution in [2.24, 2.45) is 9.98 Å². The van der Waals surface area contributed by atoms with Gasteiger partial charge in [-0.05, 0) is 82.2 Å².